The van der Waals surface area contributed by atoms with Crippen molar-refractivity contribution in [3.63, 3.8) is 0 Å². The van der Waals surface area contributed by atoms with Gasteiger partial charge in [0.15, 0.2) is 5.82 Å². The predicted molar refractivity (Wildman–Crippen MR) is 62.3 cm³/mol. The Morgan fingerprint density at radius 2 is 2.29 bits per heavy atom. The van der Waals surface area contributed by atoms with Gasteiger partial charge in [0.1, 0.15) is 11.9 Å². The Kier molecular flexibility index (Phi) is 4.09. The zero-order valence-electron chi connectivity index (χ0n) is 10.4. The Labute approximate surface area is 101 Å². The lowest BCUT2D eigenvalue weighted by atomic mass is 10.2. The summed E-state index contributed by atoms with van der Waals surface area (Å²) in [6.07, 6.45) is 2.42. The van der Waals surface area contributed by atoms with Crippen LogP contribution in [0, 0.1) is 0 Å². The van der Waals surface area contributed by atoms with E-state index in [1.165, 1.54) is 0 Å². The van der Waals surface area contributed by atoms with Gasteiger partial charge in [-0.3, -0.25) is 0 Å². The van der Waals surface area contributed by atoms with Gasteiger partial charge in [-0.1, -0.05) is 0 Å². The third-order valence-corrected chi connectivity index (χ3v) is 3.08. The smallest absolute Gasteiger partial charge is 0.162 e. The van der Waals surface area contributed by atoms with Gasteiger partial charge in [0.2, 0.25) is 0 Å². The van der Waals surface area contributed by atoms with Gasteiger partial charge in [-0.25, -0.2) is 0 Å². The van der Waals surface area contributed by atoms with Gasteiger partial charge < -0.3 is 19.8 Å². The summed E-state index contributed by atoms with van der Waals surface area (Å²) in [4.78, 5) is 0. The van der Waals surface area contributed by atoms with Gasteiger partial charge in [-0.15, -0.1) is 10.2 Å². The molecule has 1 fully saturated rings. The Morgan fingerprint density at radius 1 is 1.47 bits per heavy atom. The van der Waals surface area contributed by atoms with Crippen LogP contribution in [0.2, 0.25) is 0 Å². The quantitative estimate of drug-likeness (QED) is 0.816. The van der Waals surface area contributed by atoms with Crippen LogP contribution in [-0.2, 0) is 22.6 Å². The molecule has 1 aliphatic rings. The molecular formula is C11H20N4O2. The molecule has 1 saturated heterocycles. The second kappa shape index (κ2) is 5.57. The lowest BCUT2D eigenvalue weighted by Crippen LogP contribution is -2.16. The van der Waals surface area contributed by atoms with Crippen molar-refractivity contribution < 1.29 is 9.47 Å². The molecule has 2 unspecified atom stereocenters. The molecule has 17 heavy (non-hydrogen) atoms. The van der Waals surface area contributed by atoms with E-state index in [0.717, 1.165) is 31.0 Å². The first-order valence-electron chi connectivity index (χ1n) is 6.02. The van der Waals surface area contributed by atoms with Crippen molar-refractivity contribution in [2.45, 2.75) is 45.1 Å². The van der Waals surface area contributed by atoms with E-state index in [0.29, 0.717) is 19.3 Å². The van der Waals surface area contributed by atoms with Crippen LogP contribution in [0.1, 0.15) is 37.5 Å². The summed E-state index contributed by atoms with van der Waals surface area (Å²) >= 11 is 0. The average Bonchev–Trinajstić information content (AvgIpc) is 2.91. The molecule has 0 radical (unpaired) electrons. The minimum atomic E-state index is 0.0506. The van der Waals surface area contributed by atoms with Crippen LogP contribution in [0.15, 0.2) is 0 Å². The van der Waals surface area contributed by atoms with Crippen molar-refractivity contribution >= 4 is 0 Å². The fraction of sp³-hybridized carbons (Fsp3) is 0.818. The first-order chi connectivity index (χ1) is 8.26. The fourth-order valence-corrected chi connectivity index (χ4v) is 2.16. The molecule has 0 bridgehead atoms. The molecule has 96 valence electrons. The second-order valence-corrected chi connectivity index (χ2v) is 4.34. The maximum atomic E-state index is 5.82. The number of methoxy groups -OCH3 is 1. The van der Waals surface area contributed by atoms with E-state index in [1.807, 2.05) is 4.57 Å². The number of rotatable bonds is 5. The highest BCUT2D eigenvalue weighted by Gasteiger charge is 2.28. The molecule has 1 aliphatic heterocycles. The third kappa shape index (κ3) is 2.65. The van der Waals surface area contributed by atoms with Crippen molar-refractivity contribution in [1.82, 2.24) is 14.8 Å². The minimum Gasteiger partial charge on any atom is -0.383 e. The molecule has 1 aromatic heterocycles. The van der Waals surface area contributed by atoms with Crippen LogP contribution in [-0.4, -0.2) is 34.6 Å². The van der Waals surface area contributed by atoms with Crippen LogP contribution in [0.4, 0.5) is 0 Å². The lowest BCUT2D eigenvalue weighted by Gasteiger charge is -2.13. The van der Waals surface area contributed by atoms with E-state index in [9.17, 15) is 0 Å². The molecule has 2 heterocycles. The molecule has 0 saturated carbocycles. The molecule has 0 amide bonds. The molecule has 1 aromatic rings. The second-order valence-electron chi connectivity index (χ2n) is 4.34. The summed E-state index contributed by atoms with van der Waals surface area (Å²) in [5, 5.41) is 8.32. The monoisotopic (exact) mass is 240 g/mol. The molecule has 6 heteroatoms. The number of aromatic nitrogens is 3. The van der Waals surface area contributed by atoms with E-state index >= 15 is 0 Å². The minimum absolute atomic E-state index is 0.0506. The summed E-state index contributed by atoms with van der Waals surface area (Å²) in [7, 11) is 1.68. The maximum absolute atomic E-state index is 5.82. The van der Waals surface area contributed by atoms with Gasteiger partial charge in [0.25, 0.3) is 0 Å². The standard InChI is InChI=1S/C11H20N4O2/c1-8-3-4-9(17-8)11-14-13-10(7-12)15(11)5-6-16-2/h8-9H,3-7,12H2,1-2H3. The number of ether oxygens (including phenoxy) is 2. The summed E-state index contributed by atoms with van der Waals surface area (Å²) in [6, 6.07) is 0. The van der Waals surface area contributed by atoms with Gasteiger partial charge >= 0.3 is 0 Å². The molecule has 0 aromatic carbocycles. The molecule has 2 N–H and O–H groups in total. The van der Waals surface area contributed by atoms with Crippen LogP contribution in [0.5, 0.6) is 0 Å². The first-order valence-corrected chi connectivity index (χ1v) is 6.02. The van der Waals surface area contributed by atoms with Crippen LogP contribution < -0.4 is 5.73 Å². The SMILES string of the molecule is COCCn1c(CN)nnc1C1CCC(C)O1. The van der Waals surface area contributed by atoms with Gasteiger partial charge in [0.05, 0.1) is 19.3 Å². The number of hydrogen-bond donors (Lipinski definition) is 1. The van der Waals surface area contributed by atoms with Crippen LogP contribution in [0.3, 0.4) is 0 Å². The first kappa shape index (κ1) is 12.5. The molecule has 0 spiro atoms. The highest BCUT2D eigenvalue weighted by atomic mass is 16.5. The summed E-state index contributed by atoms with van der Waals surface area (Å²) in [5.41, 5.74) is 5.66. The molecule has 2 atom stereocenters. The van der Waals surface area contributed by atoms with E-state index in [1.54, 1.807) is 7.11 Å². The predicted octanol–water partition coefficient (Wildman–Crippen LogP) is 0.623. The molecule has 2 rings (SSSR count). The fourth-order valence-electron chi connectivity index (χ4n) is 2.16. The van der Waals surface area contributed by atoms with Gasteiger partial charge in [-0.2, -0.15) is 0 Å². The molecule has 6 nitrogen and oxygen atoms in total. The average molecular weight is 240 g/mol. The maximum Gasteiger partial charge on any atom is 0.162 e. The molecular weight excluding hydrogens is 220 g/mol. The topological polar surface area (TPSA) is 75.2 Å². The Hall–Kier alpha value is -0.980. The van der Waals surface area contributed by atoms with Crippen molar-refractivity contribution in [2.75, 3.05) is 13.7 Å². The van der Waals surface area contributed by atoms with E-state index < -0.39 is 0 Å². The van der Waals surface area contributed by atoms with Crippen molar-refractivity contribution in [1.29, 1.82) is 0 Å². The summed E-state index contributed by atoms with van der Waals surface area (Å²) in [5.74, 6) is 1.67. The highest BCUT2D eigenvalue weighted by molar-refractivity contribution is 5.01. The lowest BCUT2D eigenvalue weighted by molar-refractivity contribution is 0.0469. The van der Waals surface area contributed by atoms with Crippen molar-refractivity contribution in [3.05, 3.63) is 11.6 Å². The Morgan fingerprint density at radius 3 is 2.88 bits per heavy atom. The van der Waals surface area contributed by atoms with Crippen molar-refractivity contribution in [2.24, 2.45) is 5.73 Å². The largest absolute Gasteiger partial charge is 0.383 e. The number of hydrogen-bond acceptors (Lipinski definition) is 5. The number of nitrogens with zero attached hydrogens (tertiary/aromatic N) is 3. The van der Waals surface area contributed by atoms with E-state index in [-0.39, 0.29) is 6.10 Å². The van der Waals surface area contributed by atoms with Crippen LogP contribution >= 0.6 is 0 Å². The van der Waals surface area contributed by atoms with Gasteiger partial charge in [-0.05, 0) is 19.8 Å². The summed E-state index contributed by atoms with van der Waals surface area (Å²) < 4.78 is 12.9. The zero-order chi connectivity index (χ0) is 12.3. The Bertz CT molecular complexity index is 366. The normalized spacial score (nSPS) is 24.4. The van der Waals surface area contributed by atoms with Crippen LogP contribution in [0.25, 0.3) is 0 Å². The zero-order valence-corrected chi connectivity index (χ0v) is 10.4. The van der Waals surface area contributed by atoms with Gasteiger partial charge in [0, 0.05) is 13.7 Å². The molecule has 0 aliphatic carbocycles. The third-order valence-electron chi connectivity index (χ3n) is 3.08. The Balaban J connectivity index is 2.17. The number of nitrogens with two attached hydrogens (primary N) is 1. The van der Waals surface area contributed by atoms with Crippen molar-refractivity contribution in [3.8, 4) is 0 Å². The highest BCUT2D eigenvalue weighted by Crippen LogP contribution is 2.31. The van der Waals surface area contributed by atoms with E-state index in [4.69, 9.17) is 15.2 Å². The van der Waals surface area contributed by atoms with E-state index in [2.05, 4.69) is 17.1 Å². The summed E-state index contributed by atoms with van der Waals surface area (Å²) in [6.45, 7) is 3.82.